The van der Waals surface area contributed by atoms with Gasteiger partial charge in [0.1, 0.15) is 11.2 Å². The van der Waals surface area contributed by atoms with E-state index in [1.54, 1.807) is 0 Å². The van der Waals surface area contributed by atoms with Crippen molar-refractivity contribution in [1.82, 2.24) is 19.5 Å². The van der Waals surface area contributed by atoms with E-state index in [0.717, 1.165) is 82.5 Å². The monoisotopic (exact) mass is 932 g/mol. The molecule has 5 nitrogen and oxygen atoms in total. The number of furan rings is 1. The minimum Gasteiger partial charge on any atom is -0.456 e. The molecule has 11 aromatic carbocycles. The van der Waals surface area contributed by atoms with Crippen LogP contribution in [0.25, 0.3) is 139 Å². The number of nitrogens with zero attached hydrogens (tertiary/aromatic N) is 4. The maximum atomic E-state index is 6.43. The van der Waals surface area contributed by atoms with Crippen LogP contribution in [0.1, 0.15) is 25.0 Å². The van der Waals surface area contributed by atoms with Gasteiger partial charge in [-0.15, -0.1) is 0 Å². The summed E-state index contributed by atoms with van der Waals surface area (Å²) in [5.74, 6) is 1.67. The van der Waals surface area contributed by atoms with Crippen molar-refractivity contribution in [1.29, 1.82) is 0 Å². The Labute approximate surface area is 421 Å². The van der Waals surface area contributed by atoms with Gasteiger partial charge in [-0.2, -0.15) is 9.97 Å². The maximum Gasteiger partial charge on any atom is 0.238 e. The molecule has 0 atom stereocenters. The number of benzene rings is 11. The Kier molecular flexibility index (Phi) is 8.94. The maximum absolute atomic E-state index is 6.43. The van der Waals surface area contributed by atoms with E-state index >= 15 is 0 Å². The van der Waals surface area contributed by atoms with Crippen molar-refractivity contribution in [3.8, 4) is 73.2 Å². The third kappa shape index (κ3) is 6.25. The van der Waals surface area contributed by atoms with Gasteiger partial charge in [-0.25, -0.2) is 4.98 Å². The fraction of sp³-hybridized carbons (Fsp3) is 0.0441. The van der Waals surface area contributed by atoms with Crippen LogP contribution in [0.4, 0.5) is 0 Å². The lowest BCUT2D eigenvalue weighted by atomic mass is 9.82. The predicted molar refractivity (Wildman–Crippen MR) is 301 cm³/mol. The minimum atomic E-state index is -0.0777. The fourth-order valence-corrected chi connectivity index (χ4v) is 12.1. The summed E-state index contributed by atoms with van der Waals surface area (Å²) in [5, 5.41) is 9.07. The number of aromatic nitrogens is 4. The molecule has 0 radical (unpaired) electrons. The molecule has 1 aliphatic rings. The molecule has 0 unspecified atom stereocenters. The Bertz CT molecular complexity index is 4600. The Balaban J connectivity index is 0.975. The largest absolute Gasteiger partial charge is 0.456 e. The number of hydrogen-bond acceptors (Lipinski definition) is 4. The van der Waals surface area contributed by atoms with Crippen molar-refractivity contribution in [2.24, 2.45) is 0 Å². The summed E-state index contributed by atoms with van der Waals surface area (Å²) in [4.78, 5) is 16.2. The highest BCUT2D eigenvalue weighted by molar-refractivity contribution is 6.33. The van der Waals surface area contributed by atoms with Crippen molar-refractivity contribution >= 4 is 65.3 Å². The topological polar surface area (TPSA) is 56.7 Å². The number of hydrogen-bond donors (Lipinski definition) is 0. The highest BCUT2D eigenvalue weighted by Crippen LogP contribution is 2.52. The van der Waals surface area contributed by atoms with Crippen LogP contribution in [0.5, 0.6) is 0 Å². The molecule has 0 N–H and O–H groups in total. The molecule has 0 fully saturated rings. The van der Waals surface area contributed by atoms with Gasteiger partial charge in [0.25, 0.3) is 0 Å². The van der Waals surface area contributed by atoms with Crippen LogP contribution in [0.2, 0.25) is 0 Å². The summed E-state index contributed by atoms with van der Waals surface area (Å²) in [6.07, 6.45) is 0. The molecular formula is C68H44N4O. The smallest absolute Gasteiger partial charge is 0.238 e. The van der Waals surface area contributed by atoms with Gasteiger partial charge in [-0.1, -0.05) is 214 Å². The first-order chi connectivity index (χ1) is 36.0. The Morgan fingerprint density at radius 2 is 0.877 bits per heavy atom. The van der Waals surface area contributed by atoms with E-state index in [9.17, 15) is 0 Å². The molecule has 3 heterocycles. The van der Waals surface area contributed by atoms with E-state index in [0.29, 0.717) is 17.6 Å². The standard InChI is InChI=1S/C68H44N4O/c1-68(2)57-33-12-10-29-55(57)61-47(30-17-34-58(61)68)44-22-14-20-42(38-44)43-21-15-23-45(39-43)48-31-16-32-56-62-53-27-8-6-24-49(53)50-25-7-9-28-54(50)64(62)72(63(48)56)67-70-65(41-18-4-3-5-19-41)69-66(71-67)46-36-37-52-51-26-11-13-35-59(51)73-60(52)40-46/h3-40H,1-2H3. The zero-order chi connectivity index (χ0) is 48.4. The highest BCUT2D eigenvalue weighted by Gasteiger charge is 2.36. The molecule has 15 rings (SSSR count). The molecule has 0 saturated heterocycles. The van der Waals surface area contributed by atoms with Crippen molar-refractivity contribution in [2.45, 2.75) is 19.3 Å². The second-order valence-corrected chi connectivity index (χ2v) is 19.9. The first kappa shape index (κ1) is 41.3. The van der Waals surface area contributed by atoms with Gasteiger partial charge in [0.05, 0.1) is 11.0 Å². The van der Waals surface area contributed by atoms with Crippen LogP contribution in [0.15, 0.2) is 235 Å². The van der Waals surface area contributed by atoms with E-state index in [2.05, 4.69) is 213 Å². The summed E-state index contributed by atoms with van der Waals surface area (Å²) >= 11 is 0. The van der Waals surface area contributed by atoms with Gasteiger partial charge >= 0.3 is 0 Å². The van der Waals surface area contributed by atoms with E-state index in [1.165, 1.54) is 49.5 Å². The van der Waals surface area contributed by atoms with E-state index in [4.69, 9.17) is 19.4 Å². The molecular weight excluding hydrogens is 889 g/mol. The first-order valence-electron chi connectivity index (χ1n) is 25.0. The highest BCUT2D eigenvalue weighted by atomic mass is 16.3. The normalized spacial score (nSPS) is 12.9. The second-order valence-electron chi connectivity index (χ2n) is 19.9. The van der Waals surface area contributed by atoms with Crippen LogP contribution >= 0.6 is 0 Å². The van der Waals surface area contributed by atoms with Gasteiger partial charge < -0.3 is 4.42 Å². The van der Waals surface area contributed by atoms with Crippen LogP contribution in [0, 0.1) is 0 Å². The minimum absolute atomic E-state index is 0.0777. The van der Waals surface area contributed by atoms with Crippen molar-refractivity contribution in [3.05, 3.63) is 242 Å². The summed E-state index contributed by atoms with van der Waals surface area (Å²) in [5.41, 5.74) is 17.7. The molecule has 3 aromatic heterocycles. The molecule has 342 valence electrons. The molecule has 0 spiro atoms. The van der Waals surface area contributed by atoms with E-state index in [1.807, 2.05) is 36.4 Å². The van der Waals surface area contributed by atoms with Gasteiger partial charge in [0.2, 0.25) is 5.95 Å². The summed E-state index contributed by atoms with van der Waals surface area (Å²) in [6.45, 7) is 4.69. The zero-order valence-electron chi connectivity index (χ0n) is 40.1. The third-order valence-corrected chi connectivity index (χ3v) is 15.4. The van der Waals surface area contributed by atoms with Crippen LogP contribution < -0.4 is 0 Å². The number of rotatable bonds is 6. The van der Waals surface area contributed by atoms with Gasteiger partial charge in [-0.3, -0.25) is 4.57 Å². The lowest BCUT2D eigenvalue weighted by Crippen LogP contribution is -2.14. The molecule has 14 aromatic rings. The molecule has 0 amide bonds. The van der Waals surface area contributed by atoms with Crippen LogP contribution in [-0.4, -0.2) is 19.5 Å². The zero-order valence-corrected chi connectivity index (χ0v) is 40.1. The SMILES string of the molecule is CC1(C)c2ccccc2-c2c(-c3cccc(-c4cccc(-c5cccc6c7c8ccccc8c8ccccc8c7n(-c7nc(-c8ccccc8)nc(-c8ccc9c(c8)oc8ccccc89)n7)c56)c4)c3)cccc21. The lowest BCUT2D eigenvalue weighted by molar-refractivity contribution is 0.660. The third-order valence-electron chi connectivity index (χ3n) is 15.4. The fourth-order valence-electron chi connectivity index (χ4n) is 12.1. The molecule has 0 aliphatic heterocycles. The van der Waals surface area contributed by atoms with E-state index < -0.39 is 0 Å². The molecule has 1 aliphatic carbocycles. The lowest BCUT2D eigenvalue weighted by Gasteiger charge is -2.21. The summed E-state index contributed by atoms with van der Waals surface area (Å²) in [7, 11) is 0. The molecule has 0 saturated carbocycles. The van der Waals surface area contributed by atoms with Crippen molar-refractivity contribution < 1.29 is 4.42 Å². The van der Waals surface area contributed by atoms with E-state index in [-0.39, 0.29) is 5.41 Å². The second kappa shape index (κ2) is 15.8. The quantitative estimate of drug-likeness (QED) is 0.156. The van der Waals surface area contributed by atoms with Crippen LogP contribution in [0.3, 0.4) is 0 Å². The summed E-state index contributed by atoms with van der Waals surface area (Å²) < 4.78 is 8.75. The predicted octanol–water partition coefficient (Wildman–Crippen LogP) is 17.8. The molecule has 5 heteroatoms. The van der Waals surface area contributed by atoms with Gasteiger partial charge in [0, 0.05) is 49.0 Å². The Morgan fingerprint density at radius 1 is 0.342 bits per heavy atom. The van der Waals surface area contributed by atoms with Crippen molar-refractivity contribution in [2.75, 3.05) is 0 Å². The first-order valence-corrected chi connectivity index (χ1v) is 25.0. The van der Waals surface area contributed by atoms with Crippen LogP contribution in [-0.2, 0) is 5.41 Å². The number of fused-ring (bicyclic) bond motifs is 14. The average molecular weight is 933 g/mol. The molecule has 73 heavy (non-hydrogen) atoms. The Hall–Kier alpha value is -9.45. The number of para-hydroxylation sites is 2. The van der Waals surface area contributed by atoms with Gasteiger partial charge in [-0.05, 0) is 96.6 Å². The summed E-state index contributed by atoms with van der Waals surface area (Å²) in [6, 6.07) is 82.7. The van der Waals surface area contributed by atoms with Crippen molar-refractivity contribution in [3.63, 3.8) is 0 Å². The average Bonchev–Trinajstić information content (AvgIpc) is 4.09. The Morgan fingerprint density at radius 3 is 1.67 bits per heavy atom. The molecule has 0 bridgehead atoms. The van der Waals surface area contributed by atoms with Gasteiger partial charge in [0.15, 0.2) is 11.6 Å².